The van der Waals surface area contributed by atoms with Gasteiger partial charge in [-0.3, -0.25) is 9.59 Å². The number of aromatic nitrogens is 4. The van der Waals surface area contributed by atoms with Crippen LogP contribution in [0, 0.1) is 11.6 Å². The van der Waals surface area contributed by atoms with Gasteiger partial charge in [-0.25, -0.2) is 18.1 Å². The highest BCUT2D eigenvalue weighted by Crippen LogP contribution is 2.24. The topological polar surface area (TPSA) is 105 Å². The third kappa shape index (κ3) is 11.1. The Morgan fingerprint density at radius 3 is 2.09 bits per heavy atom. The zero-order chi connectivity index (χ0) is 33.6. The summed E-state index contributed by atoms with van der Waals surface area (Å²) in [4.78, 5) is 33.8. The number of nitrogens with zero attached hydrogens (tertiary/aromatic N) is 4. The van der Waals surface area contributed by atoms with Crippen LogP contribution in [0.25, 0.3) is 6.08 Å². The van der Waals surface area contributed by atoms with Crippen molar-refractivity contribution >= 4 is 59.5 Å². The van der Waals surface area contributed by atoms with Crippen molar-refractivity contribution < 1.29 is 32.6 Å². The summed E-state index contributed by atoms with van der Waals surface area (Å²) in [5.74, 6) is -2.46. The summed E-state index contributed by atoms with van der Waals surface area (Å²) >= 11 is 12.4. The lowest BCUT2D eigenvalue weighted by atomic mass is 10.1. The normalized spacial score (nSPS) is 12.0. The first-order valence-corrected chi connectivity index (χ1v) is 15.0. The first-order valence-electron chi connectivity index (χ1n) is 14.3. The number of halogens is 5. The van der Waals surface area contributed by atoms with Crippen LogP contribution < -0.4 is 0 Å². The molecule has 47 heavy (non-hydrogen) atoms. The molecule has 1 aliphatic heterocycles. The number of Topliss-reactive ketones (excluding diaryl/α,β-unsaturated/α-hetero) is 2. The van der Waals surface area contributed by atoms with Crippen molar-refractivity contribution in [2.75, 3.05) is 20.3 Å². The van der Waals surface area contributed by atoms with Gasteiger partial charge in [-0.15, -0.1) is 12.4 Å². The van der Waals surface area contributed by atoms with E-state index in [1.54, 1.807) is 10.8 Å². The monoisotopic (exact) mass is 710 g/mol. The number of hydrogen-bond acceptors (Lipinski definition) is 7. The van der Waals surface area contributed by atoms with Crippen LogP contribution >= 0.6 is 35.6 Å². The van der Waals surface area contributed by atoms with Crippen LogP contribution in [0.15, 0.2) is 54.8 Å². The maximum absolute atomic E-state index is 13.7. The van der Waals surface area contributed by atoms with E-state index >= 15 is 0 Å². The molecular formula is C33H35Cl3F2N4O5. The molecule has 0 radical (unpaired) electrons. The average molecular weight is 712 g/mol. The molecule has 0 bridgehead atoms. The zero-order valence-electron chi connectivity index (χ0n) is 26.1. The number of aldehydes is 1. The van der Waals surface area contributed by atoms with Crippen LogP contribution in [-0.4, -0.2) is 57.7 Å². The molecule has 0 N–H and O–H groups in total. The zero-order valence-corrected chi connectivity index (χ0v) is 28.4. The van der Waals surface area contributed by atoms with Crippen LogP contribution in [-0.2, 0) is 33.8 Å². The summed E-state index contributed by atoms with van der Waals surface area (Å²) in [7, 11) is 1.53. The molecule has 0 saturated carbocycles. The SMILES string of the molecule is C1CCOC1.CC(=O)c1nn(Cc2cccc(F)c2F)c(Cl)c1CC=O.COC=Cc1c(C(C)=O)nn(Cc2ccccc2)c1Cl.Cl. The van der Waals surface area contributed by atoms with Gasteiger partial charge in [0.1, 0.15) is 28.0 Å². The van der Waals surface area contributed by atoms with E-state index in [0.717, 1.165) is 24.8 Å². The number of ether oxygens (including phenoxy) is 2. The molecule has 3 heterocycles. The summed E-state index contributed by atoms with van der Waals surface area (Å²) in [6.45, 7) is 5.14. The quantitative estimate of drug-likeness (QED) is 0.0958. The molecule has 0 aliphatic carbocycles. The fraction of sp³-hybridized carbons (Fsp3) is 0.303. The van der Waals surface area contributed by atoms with Gasteiger partial charge >= 0.3 is 0 Å². The van der Waals surface area contributed by atoms with E-state index in [4.69, 9.17) is 32.7 Å². The minimum Gasteiger partial charge on any atom is -0.504 e. The molecule has 2 aromatic heterocycles. The van der Waals surface area contributed by atoms with E-state index in [1.165, 1.54) is 56.9 Å². The molecular weight excluding hydrogens is 677 g/mol. The second-order valence-corrected chi connectivity index (χ2v) is 10.7. The number of carbonyl (C=O) groups excluding carboxylic acids is 3. The van der Waals surface area contributed by atoms with Gasteiger partial charge in [0.15, 0.2) is 23.2 Å². The van der Waals surface area contributed by atoms with Gasteiger partial charge in [0.25, 0.3) is 0 Å². The highest BCUT2D eigenvalue weighted by Gasteiger charge is 2.21. The van der Waals surface area contributed by atoms with E-state index in [-0.39, 0.29) is 58.9 Å². The Bertz CT molecular complexity index is 1660. The van der Waals surface area contributed by atoms with E-state index in [1.807, 2.05) is 30.3 Å². The van der Waals surface area contributed by atoms with Crippen molar-refractivity contribution in [2.45, 2.75) is 46.2 Å². The first kappa shape index (κ1) is 39.3. The van der Waals surface area contributed by atoms with Gasteiger partial charge in [-0.1, -0.05) is 65.7 Å². The van der Waals surface area contributed by atoms with Gasteiger partial charge in [0.05, 0.1) is 26.5 Å². The number of ketones is 2. The lowest BCUT2D eigenvalue weighted by molar-refractivity contribution is -0.107. The predicted octanol–water partition coefficient (Wildman–Crippen LogP) is 7.43. The Balaban J connectivity index is 0.000000279. The molecule has 5 rings (SSSR count). The largest absolute Gasteiger partial charge is 0.504 e. The van der Waals surface area contributed by atoms with Crippen molar-refractivity contribution in [1.82, 2.24) is 19.6 Å². The Kier molecular flexibility index (Phi) is 16.5. The fourth-order valence-corrected chi connectivity index (χ4v) is 4.85. The Hall–Kier alpha value is -3.90. The first-order chi connectivity index (χ1) is 22.1. The van der Waals surface area contributed by atoms with Gasteiger partial charge in [-0.2, -0.15) is 10.2 Å². The molecule has 4 aromatic rings. The van der Waals surface area contributed by atoms with Crippen molar-refractivity contribution in [2.24, 2.45) is 0 Å². The number of rotatable bonds is 10. The minimum atomic E-state index is -0.995. The fourth-order valence-electron chi connectivity index (χ4n) is 4.33. The summed E-state index contributed by atoms with van der Waals surface area (Å²) in [6.07, 6.45) is 6.21. The number of carbonyl (C=O) groups is 3. The van der Waals surface area contributed by atoms with E-state index < -0.39 is 11.6 Å². The van der Waals surface area contributed by atoms with Crippen molar-refractivity contribution in [3.63, 3.8) is 0 Å². The van der Waals surface area contributed by atoms with Crippen molar-refractivity contribution in [1.29, 1.82) is 0 Å². The third-order valence-electron chi connectivity index (χ3n) is 6.59. The molecule has 1 aliphatic rings. The van der Waals surface area contributed by atoms with Crippen molar-refractivity contribution in [3.8, 4) is 0 Å². The summed E-state index contributed by atoms with van der Waals surface area (Å²) in [6, 6.07) is 13.6. The molecule has 0 atom stereocenters. The number of methoxy groups -OCH3 is 1. The Morgan fingerprint density at radius 1 is 0.915 bits per heavy atom. The molecule has 0 unspecified atom stereocenters. The second-order valence-electron chi connectivity index (χ2n) is 10.0. The number of benzene rings is 2. The minimum absolute atomic E-state index is 0. The lowest BCUT2D eigenvalue weighted by Crippen LogP contribution is -2.06. The summed E-state index contributed by atoms with van der Waals surface area (Å²) < 4.78 is 39.4. The average Bonchev–Trinajstić information content (AvgIpc) is 3.79. The van der Waals surface area contributed by atoms with Crippen LogP contribution in [0.1, 0.15) is 69.9 Å². The molecule has 0 amide bonds. The molecule has 1 saturated heterocycles. The highest BCUT2D eigenvalue weighted by molar-refractivity contribution is 6.32. The van der Waals surface area contributed by atoms with Gasteiger partial charge in [0.2, 0.25) is 0 Å². The van der Waals surface area contributed by atoms with E-state index in [2.05, 4.69) is 10.2 Å². The Labute approximate surface area is 287 Å². The van der Waals surface area contributed by atoms with Crippen LogP contribution in [0.2, 0.25) is 10.3 Å². The molecule has 0 spiro atoms. The molecule has 2 aromatic carbocycles. The van der Waals surface area contributed by atoms with E-state index in [0.29, 0.717) is 29.2 Å². The van der Waals surface area contributed by atoms with Crippen LogP contribution in [0.5, 0.6) is 0 Å². The summed E-state index contributed by atoms with van der Waals surface area (Å²) in [5.41, 5.74) is 2.39. The van der Waals surface area contributed by atoms with Gasteiger partial charge < -0.3 is 14.3 Å². The molecule has 252 valence electrons. The van der Waals surface area contributed by atoms with Crippen LogP contribution in [0.4, 0.5) is 8.78 Å². The smallest absolute Gasteiger partial charge is 0.180 e. The van der Waals surface area contributed by atoms with Gasteiger partial charge in [0, 0.05) is 50.2 Å². The molecule has 1 fully saturated rings. The van der Waals surface area contributed by atoms with Crippen molar-refractivity contribution in [3.05, 3.63) is 110 Å². The number of hydrogen-bond donors (Lipinski definition) is 0. The standard InChI is InChI=1S/C15H15ClN2O2.C14H11ClF2N2O2.C4H8O.ClH/c1-11(19)14-13(8-9-20-2)15(16)18(17-14)10-12-6-4-3-5-7-12;1-8(21)13-10(5-6-20)14(15)19(18-13)7-9-3-2-4-11(16)12(9)17;1-2-4-5-3-1;/h3-9H,10H2,1-2H3;2-4,6H,5,7H2,1H3;1-4H2;1H. The maximum atomic E-state index is 13.7. The predicted molar refractivity (Wildman–Crippen MR) is 179 cm³/mol. The highest BCUT2D eigenvalue weighted by atomic mass is 35.5. The molecule has 9 nitrogen and oxygen atoms in total. The second kappa shape index (κ2) is 19.7. The summed E-state index contributed by atoms with van der Waals surface area (Å²) in [5, 5.41) is 8.76. The molecule has 14 heteroatoms. The van der Waals surface area contributed by atoms with Crippen LogP contribution in [0.3, 0.4) is 0 Å². The van der Waals surface area contributed by atoms with Gasteiger partial charge in [-0.05, 0) is 30.5 Å². The Morgan fingerprint density at radius 2 is 1.53 bits per heavy atom. The van der Waals surface area contributed by atoms with E-state index in [9.17, 15) is 23.2 Å². The third-order valence-corrected chi connectivity index (χ3v) is 7.41. The maximum Gasteiger partial charge on any atom is 0.180 e. The lowest BCUT2D eigenvalue weighted by Gasteiger charge is -2.05.